The molecule has 17 heavy (non-hydrogen) atoms. The predicted molar refractivity (Wildman–Crippen MR) is 60.6 cm³/mol. The Bertz CT molecular complexity index is 405. The average molecular weight is 243 g/mol. The van der Waals surface area contributed by atoms with E-state index in [-0.39, 0.29) is 5.92 Å². The fourth-order valence-corrected chi connectivity index (χ4v) is 2.55. The van der Waals surface area contributed by atoms with Gasteiger partial charge in [0.15, 0.2) is 0 Å². The van der Waals surface area contributed by atoms with Gasteiger partial charge in [-0.2, -0.15) is 13.2 Å². The highest BCUT2D eigenvalue weighted by Crippen LogP contribution is 2.44. The van der Waals surface area contributed by atoms with Gasteiger partial charge in [-0.15, -0.1) is 0 Å². The van der Waals surface area contributed by atoms with Crippen LogP contribution in [0.3, 0.4) is 0 Å². The van der Waals surface area contributed by atoms with E-state index in [0.29, 0.717) is 5.56 Å². The molecule has 1 aliphatic rings. The fourth-order valence-electron chi connectivity index (χ4n) is 2.55. The van der Waals surface area contributed by atoms with E-state index in [4.69, 9.17) is 0 Å². The first-order chi connectivity index (χ1) is 7.88. The molecule has 1 N–H and O–H groups in total. The number of hydrogen-bond donors (Lipinski definition) is 1. The summed E-state index contributed by atoms with van der Waals surface area (Å²) in [6, 6.07) is 5.88. The van der Waals surface area contributed by atoms with Crippen molar-refractivity contribution in [2.45, 2.75) is 32.0 Å². The molecule has 1 aromatic rings. The molecular formula is C13H16F3N. The van der Waals surface area contributed by atoms with Crippen molar-refractivity contribution in [3.05, 3.63) is 35.4 Å². The standard InChI is InChI=1S/C13H16F3N/c1-9(2)12(7-8-17-12)10-5-3-4-6-11(10)13(14,15)16/h3-6,9,17H,7-8H2,1-2H3. The molecule has 1 nitrogen and oxygen atoms in total. The van der Waals surface area contributed by atoms with Gasteiger partial charge in [0.25, 0.3) is 0 Å². The lowest BCUT2D eigenvalue weighted by Crippen LogP contribution is -2.58. The second kappa shape index (κ2) is 4.02. The lowest BCUT2D eigenvalue weighted by Gasteiger charge is -2.48. The summed E-state index contributed by atoms with van der Waals surface area (Å²) in [7, 11) is 0. The lowest BCUT2D eigenvalue weighted by atomic mass is 9.71. The summed E-state index contributed by atoms with van der Waals surface area (Å²) in [5, 5.41) is 3.19. The van der Waals surface area contributed by atoms with E-state index in [2.05, 4.69) is 5.32 Å². The van der Waals surface area contributed by atoms with Crippen molar-refractivity contribution in [1.29, 1.82) is 0 Å². The molecule has 1 aliphatic heterocycles. The van der Waals surface area contributed by atoms with Crippen LogP contribution in [0.15, 0.2) is 24.3 Å². The van der Waals surface area contributed by atoms with Crippen LogP contribution in [0, 0.1) is 5.92 Å². The van der Waals surface area contributed by atoms with Gasteiger partial charge in [0.1, 0.15) is 0 Å². The SMILES string of the molecule is CC(C)C1(c2ccccc2C(F)(F)F)CCN1. The molecule has 1 fully saturated rings. The molecule has 1 atom stereocenters. The van der Waals surface area contributed by atoms with Gasteiger partial charge in [-0.25, -0.2) is 0 Å². The maximum atomic E-state index is 13.0. The van der Waals surface area contributed by atoms with Gasteiger partial charge in [-0.05, 0) is 30.5 Å². The molecule has 1 heterocycles. The van der Waals surface area contributed by atoms with Crippen LogP contribution in [0.1, 0.15) is 31.4 Å². The predicted octanol–water partition coefficient (Wildman–Crippen LogP) is 3.55. The first-order valence-corrected chi connectivity index (χ1v) is 5.79. The minimum absolute atomic E-state index is 0.139. The topological polar surface area (TPSA) is 12.0 Å². The Balaban J connectivity index is 2.52. The molecule has 0 radical (unpaired) electrons. The molecule has 0 amide bonds. The Morgan fingerprint density at radius 2 is 1.82 bits per heavy atom. The number of nitrogens with one attached hydrogen (secondary N) is 1. The summed E-state index contributed by atoms with van der Waals surface area (Å²) < 4.78 is 38.9. The smallest absolute Gasteiger partial charge is 0.307 e. The van der Waals surface area contributed by atoms with Gasteiger partial charge < -0.3 is 5.32 Å². The van der Waals surface area contributed by atoms with E-state index in [1.807, 2.05) is 13.8 Å². The van der Waals surface area contributed by atoms with Crippen LogP contribution in [0.4, 0.5) is 13.2 Å². The van der Waals surface area contributed by atoms with E-state index < -0.39 is 17.3 Å². The summed E-state index contributed by atoms with van der Waals surface area (Å²) >= 11 is 0. The van der Waals surface area contributed by atoms with Crippen molar-refractivity contribution in [3.63, 3.8) is 0 Å². The second-order valence-electron chi connectivity index (χ2n) is 4.85. The highest BCUT2D eigenvalue weighted by molar-refractivity contribution is 5.38. The Morgan fingerprint density at radius 1 is 1.24 bits per heavy atom. The van der Waals surface area contributed by atoms with Gasteiger partial charge in [0.05, 0.1) is 5.56 Å². The van der Waals surface area contributed by atoms with Crippen molar-refractivity contribution >= 4 is 0 Å². The Hall–Kier alpha value is -1.03. The minimum atomic E-state index is -4.28. The molecule has 0 aromatic heterocycles. The van der Waals surface area contributed by atoms with Crippen molar-refractivity contribution < 1.29 is 13.2 Å². The van der Waals surface area contributed by atoms with Crippen molar-refractivity contribution in [2.24, 2.45) is 5.92 Å². The van der Waals surface area contributed by atoms with Crippen LogP contribution in [-0.4, -0.2) is 6.54 Å². The van der Waals surface area contributed by atoms with E-state index in [1.165, 1.54) is 12.1 Å². The number of hydrogen-bond acceptors (Lipinski definition) is 1. The molecule has 2 rings (SSSR count). The third-order valence-electron chi connectivity index (χ3n) is 3.66. The number of alkyl halides is 3. The molecule has 0 spiro atoms. The van der Waals surface area contributed by atoms with E-state index >= 15 is 0 Å². The summed E-state index contributed by atoms with van der Waals surface area (Å²) in [5.74, 6) is 0.139. The molecule has 4 heteroatoms. The first kappa shape index (κ1) is 12.4. The number of benzene rings is 1. The van der Waals surface area contributed by atoms with Gasteiger partial charge in [-0.3, -0.25) is 0 Å². The summed E-state index contributed by atoms with van der Waals surface area (Å²) in [4.78, 5) is 0. The van der Waals surface area contributed by atoms with E-state index in [1.54, 1.807) is 12.1 Å². The van der Waals surface area contributed by atoms with Crippen LogP contribution < -0.4 is 5.32 Å². The van der Waals surface area contributed by atoms with Gasteiger partial charge in [-0.1, -0.05) is 32.0 Å². The summed E-state index contributed by atoms with van der Waals surface area (Å²) in [6.45, 7) is 4.70. The zero-order valence-corrected chi connectivity index (χ0v) is 9.93. The van der Waals surface area contributed by atoms with E-state index in [9.17, 15) is 13.2 Å². The van der Waals surface area contributed by atoms with Crippen LogP contribution in [-0.2, 0) is 11.7 Å². The second-order valence-corrected chi connectivity index (χ2v) is 4.85. The van der Waals surface area contributed by atoms with Crippen molar-refractivity contribution in [3.8, 4) is 0 Å². The van der Waals surface area contributed by atoms with Crippen LogP contribution >= 0.6 is 0 Å². The maximum absolute atomic E-state index is 13.0. The largest absolute Gasteiger partial charge is 0.416 e. The monoisotopic (exact) mass is 243 g/mol. The molecule has 0 bridgehead atoms. The number of halogens is 3. The van der Waals surface area contributed by atoms with Gasteiger partial charge in [0.2, 0.25) is 0 Å². The Kier molecular flexibility index (Phi) is 2.94. The molecule has 1 saturated heterocycles. The zero-order valence-electron chi connectivity index (χ0n) is 9.93. The molecule has 0 saturated carbocycles. The zero-order chi connectivity index (χ0) is 12.7. The molecule has 1 aromatic carbocycles. The third-order valence-corrected chi connectivity index (χ3v) is 3.66. The molecular weight excluding hydrogens is 227 g/mol. The molecule has 0 aliphatic carbocycles. The normalized spacial score (nSPS) is 24.8. The lowest BCUT2D eigenvalue weighted by molar-refractivity contribution is -0.139. The quantitative estimate of drug-likeness (QED) is 0.837. The Labute approximate surface area is 99.0 Å². The summed E-state index contributed by atoms with van der Waals surface area (Å²) in [6.07, 6.45) is -3.52. The van der Waals surface area contributed by atoms with E-state index in [0.717, 1.165) is 13.0 Å². The highest BCUT2D eigenvalue weighted by atomic mass is 19.4. The highest BCUT2D eigenvalue weighted by Gasteiger charge is 2.46. The first-order valence-electron chi connectivity index (χ1n) is 5.79. The fraction of sp³-hybridized carbons (Fsp3) is 0.538. The molecule has 94 valence electrons. The number of rotatable bonds is 2. The van der Waals surface area contributed by atoms with Crippen LogP contribution in [0.25, 0.3) is 0 Å². The maximum Gasteiger partial charge on any atom is 0.416 e. The van der Waals surface area contributed by atoms with Gasteiger partial charge >= 0.3 is 6.18 Å². The minimum Gasteiger partial charge on any atom is -0.307 e. The van der Waals surface area contributed by atoms with Crippen LogP contribution in [0.2, 0.25) is 0 Å². The Morgan fingerprint density at radius 3 is 2.24 bits per heavy atom. The van der Waals surface area contributed by atoms with Crippen molar-refractivity contribution in [2.75, 3.05) is 6.54 Å². The van der Waals surface area contributed by atoms with Gasteiger partial charge in [0, 0.05) is 5.54 Å². The third kappa shape index (κ3) is 1.95. The van der Waals surface area contributed by atoms with Crippen molar-refractivity contribution in [1.82, 2.24) is 5.32 Å². The summed E-state index contributed by atoms with van der Waals surface area (Å²) in [5.41, 5.74) is -0.638. The average Bonchev–Trinajstić information content (AvgIpc) is 2.14. The van der Waals surface area contributed by atoms with Crippen LogP contribution in [0.5, 0.6) is 0 Å². The molecule has 1 unspecified atom stereocenters.